The summed E-state index contributed by atoms with van der Waals surface area (Å²) in [5.74, 6) is 1.16. The first-order valence-electron chi connectivity index (χ1n) is 11.4. The van der Waals surface area contributed by atoms with E-state index < -0.39 is 6.04 Å². The first-order valence-corrected chi connectivity index (χ1v) is 11.4. The molecular weight excluding hydrogens is 420 g/mol. The minimum absolute atomic E-state index is 0.126. The predicted octanol–water partition coefficient (Wildman–Crippen LogP) is 3.08. The lowest BCUT2D eigenvalue weighted by atomic mass is 10.1. The molecule has 8 heteroatoms. The van der Waals surface area contributed by atoms with Gasteiger partial charge in [-0.1, -0.05) is 18.2 Å². The van der Waals surface area contributed by atoms with Crippen LogP contribution in [0.25, 0.3) is 0 Å². The van der Waals surface area contributed by atoms with E-state index in [0.717, 1.165) is 30.0 Å². The van der Waals surface area contributed by atoms with Gasteiger partial charge in [0.05, 0.1) is 18.8 Å². The molecule has 1 aliphatic carbocycles. The van der Waals surface area contributed by atoms with E-state index in [9.17, 15) is 9.59 Å². The van der Waals surface area contributed by atoms with Crippen molar-refractivity contribution < 1.29 is 18.7 Å². The molecule has 2 atom stereocenters. The Hall–Kier alpha value is -3.55. The molecule has 2 aromatic heterocycles. The number of ether oxygens (including phenoxy) is 1. The molecule has 33 heavy (non-hydrogen) atoms. The second kappa shape index (κ2) is 8.77. The number of nitrogens with zero attached hydrogens (tertiary/aromatic N) is 3. The Balaban J connectivity index is 1.32. The zero-order valence-corrected chi connectivity index (χ0v) is 18.9. The van der Waals surface area contributed by atoms with Crippen molar-refractivity contribution in [2.45, 2.75) is 57.8 Å². The summed E-state index contributed by atoms with van der Waals surface area (Å²) in [5.41, 5.74) is 1.95. The number of hydrogen-bond acceptors (Lipinski definition) is 5. The summed E-state index contributed by atoms with van der Waals surface area (Å²) in [6.07, 6.45) is 2.16. The molecule has 172 valence electrons. The summed E-state index contributed by atoms with van der Waals surface area (Å²) in [6, 6.07) is 14.6. The average molecular weight is 449 g/mol. The Morgan fingerprint density at radius 1 is 1.15 bits per heavy atom. The highest BCUT2D eigenvalue weighted by molar-refractivity contribution is 5.96. The Morgan fingerprint density at radius 2 is 1.94 bits per heavy atom. The normalized spacial score (nSPS) is 20.1. The quantitative estimate of drug-likeness (QED) is 0.600. The topological polar surface area (TPSA) is 89.6 Å². The number of benzene rings is 1. The van der Waals surface area contributed by atoms with Gasteiger partial charge >= 0.3 is 0 Å². The minimum Gasteiger partial charge on any atom is -0.488 e. The highest BCUT2D eigenvalue weighted by Gasteiger charge is 2.43. The van der Waals surface area contributed by atoms with Gasteiger partial charge in [-0.2, -0.15) is 5.10 Å². The summed E-state index contributed by atoms with van der Waals surface area (Å²) in [7, 11) is 0. The molecule has 8 nitrogen and oxygen atoms in total. The van der Waals surface area contributed by atoms with Crippen LogP contribution >= 0.6 is 0 Å². The summed E-state index contributed by atoms with van der Waals surface area (Å²) in [6.45, 7) is 4.69. The second-order valence-electron chi connectivity index (χ2n) is 8.90. The Labute approximate surface area is 192 Å². The fourth-order valence-corrected chi connectivity index (χ4v) is 4.27. The maximum atomic E-state index is 13.4. The number of likely N-dealkylation sites (tertiary alicyclic amines) is 1. The number of aryl methyl sites for hydroxylation is 2. The minimum atomic E-state index is -0.587. The van der Waals surface area contributed by atoms with Crippen LogP contribution in [0, 0.1) is 13.8 Å². The summed E-state index contributed by atoms with van der Waals surface area (Å²) in [5, 5.41) is 7.48. The number of para-hydroxylation sites is 1. The van der Waals surface area contributed by atoms with Crippen molar-refractivity contribution >= 4 is 11.8 Å². The lowest BCUT2D eigenvalue weighted by molar-refractivity contribution is -0.125. The fraction of sp³-hybridized carbons (Fsp3) is 0.400. The highest BCUT2D eigenvalue weighted by atomic mass is 16.5. The van der Waals surface area contributed by atoms with E-state index >= 15 is 0 Å². The number of aromatic nitrogens is 2. The molecule has 1 aliphatic heterocycles. The van der Waals surface area contributed by atoms with Crippen LogP contribution in [0.3, 0.4) is 0 Å². The van der Waals surface area contributed by atoms with E-state index in [1.807, 2.05) is 54.9 Å². The van der Waals surface area contributed by atoms with Crippen molar-refractivity contribution in [3.05, 3.63) is 71.4 Å². The molecule has 0 radical (unpaired) electrons. The third-order valence-corrected chi connectivity index (χ3v) is 6.08. The molecule has 1 N–H and O–H groups in total. The largest absolute Gasteiger partial charge is 0.488 e. The molecule has 2 fully saturated rings. The SMILES string of the molecule is Cc1cc(C)n(Cc2ccc(C(=O)N3C[C@@H](Oc4ccccc4)C[C@H]3C(=O)NC3CC3)o2)n1. The third-order valence-electron chi connectivity index (χ3n) is 6.08. The number of carbonyl (C=O) groups excluding carboxylic acids is 2. The number of nitrogens with one attached hydrogen (secondary N) is 1. The van der Waals surface area contributed by atoms with Crippen molar-refractivity contribution in [2.75, 3.05) is 6.54 Å². The monoisotopic (exact) mass is 448 g/mol. The molecular formula is C25H28N4O4. The van der Waals surface area contributed by atoms with Crippen molar-refractivity contribution in [2.24, 2.45) is 0 Å². The highest BCUT2D eigenvalue weighted by Crippen LogP contribution is 2.27. The Bertz CT molecular complexity index is 1150. The smallest absolute Gasteiger partial charge is 0.290 e. The van der Waals surface area contributed by atoms with Crippen molar-refractivity contribution in [3.8, 4) is 5.75 Å². The molecule has 2 aliphatic rings. The van der Waals surface area contributed by atoms with Gasteiger partial charge in [-0.15, -0.1) is 0 Å². The van der Waals surface area contributed by atoms with Gasteiger partial charge in [-0.3, -0.25) is 14.3 Å². The number of carbonyl (C=O) groups is 2. The first-order chi connectivity index (χ1) is 16.0. The van der Waals surface area contributed by atoms with E-state index in [1.54, 1.807) is 17.0 Å². The molecule has 1 saturated carbocycles. The number of furan rings is 1. The van der Waals surface area contributed by atoms with Crippen LogP contribution in [0.2, 0.25) is 0 Å². The van der Waals surface area contributed by atoms with Gasteiger partial charge < -0.3 is 19.4 Å². The van der Waals surface area contributed by atoms with Gasteiger partial charge in [0.1, 0.15) is 23.7 Å². The van der Waals surface area contributed by atoms with E-state index in [2.05, 4.69) is 10.4 Å². The lowest BCUT2D eigenvalue weighted by Crippen LogP contribution is -2.46. The van der Waals surface area contributed by atoms with Gasteiger partial charge in [-0.25, -0.2) is 0 Å². The van der Waals surface area contributed by atoms with Gasteiger partial charge in [0.25, 0.3) is 5.91 Å². The van der Waals surface area contributed by atoms with E-state index in [-0.39, 0.29) is 29.7 Å². The molecule has 0 spiro atoms. The Morgan fingerprint density at radius 3 is 2.64 bits per heavy atom. The van der Waals surface area contributed by atoms with Crippen LogP contribution in [-0.4, -0.2) is 51.2 Å². The summed E-state index contributed by atoms with van der Waals surface area (Å²) in [4.78, 5) is 27.9. The van der Waals surface area contributed by atoms with Crippen LogP contribution in [0.1, 0.15) is 47.0 Å². The van der Waals surface area contributed by atoms with E-state index in [1.165, 1.54) is 0 Å². The molecule has 2 amide bonds. The number of rotatable bonds is 7. The fourth-order valence-electron chi connectivity index (χ4n) is 4.27. The van der Waals surface area contributed by atoms with Gasteiger partial charge in [-0.05, 0) is 57.0 Å². The molecule has 1 aromatic carbocycles. The van der Waals surface area contributed by atoms with Gasteiger partial charge in [0, 0.05) is 18.2 Å². The maximum Gasteiger partial charge on any atom is 0.290 e. The summed E-state index contributed by atoms with van der Waals surface area (Å²) >= 11 is 0. The molecule has 5 rings (SSSR count). The zero-order valence-electron chi connectivity index (χ0n) is 18.9. The molecule has 1 saturated heterocycles. The van der Waals surface area contributed by atoms with Crippen LogP contribution in [0.4, 0.5) is 0 Å². The van der Waals surface area contributed by atoms with Crippen LogP contribution in [0.5, 0.6) is 5.75 Å². The van der Waals surface area contributed by atoms with Crippen LogP contribution in [-0.2, 0) is 11.3 Å². The van der Waals surface area contributed by atoms with Crippen LogP contribution in [0.15, 0.2) is 52.9 Å². The molecule has 3 aromatic rings. The zero-order chi connectivity index (χ0) is 22.9. The van der Waals surface area contributed by atoms with Crippen molar-refractivity contribution in [1.82, 2.24) is 20.0 Å². The molecule has 0 bridgehead atoms. The van der Waals surface area contributed by atoms with Crippen LogP contribution < -0.4 is 10.1 Å². The summed E-state index contributed by atoms with van der Waals surface area (Å²) < 4.78 is 13.8. The van der Waals surface area contributed by atoms with Gasteiger partial charge in [0.2, 0.25) is 5.91 Å². The van der Waals surface area contributed by atoms with Crippen molar-refractivity contribution in [1.29, 1.82) is 0 Å². The lowest BCUT2D eigenvalue weighted by Gasteiger charge is -2.22. The van der Waals surface area contributed by atoms with Crippen molar-refractivity contribution in [3.63, 3.8) is 0 Å². The predicted molar refractivity (Wildman–Crippen MR) is 121 cm³/mol. The second-order valence-corrected chi connectivity index (χ2v) is 8.90. The average Bonchev–Trinajstić information content (AvgIpc) is 3.18. The van der Waals surface area contributed by atoms with E-state index in [0.29, 0.717) is 25.3 Å². The standard InChI is InChI=1S/C25H28N4O4/c1-16-12-17(2)29(27-16)15-20-10-11-23(33-20)25(31)28-14-21(32-19-6-4-3-5-7-19)13-22(28)24(30)26-18-8-9-18/h3-7,10-12,18,21-22H,8-9,13-15H2,1-2H3,(H,26,30)/t21-,22-/m0/s1. The van der Waals surface area contributed by atoms with E-state index in [4.69, 9.17) is 9.15 Å². The maximum absolute atomic E-state index is 13.4. The molecule has 0 unspecified atom stereocenters. The van der Waals surface area contributed by atoms with Gasteiger partial charge in [0.15, 0.2) is 5.76 Å². The third kappa shape index (κ3) is 4.79. The Kier molecular flexibility index (Phi) is 5.66. The first kappa shape index (κ1) is 21.3. The number of amides is 2. The number of hydrogen-bond donors (Lipinski definition) is 1. The molecule has 3 heterocycles.